The largest absolute Gasteiger partial charge is 0.382 e. The molecule has 2 aromatic rings. The fraction of sp³-hybridized carbons (Fsp3) is 0.333. The first kappa shape index (κ1) is 11.6. The van der Waals surface area contributed by atoms with E-state index in [-0.39, 0.29) is 11.2 Å². The zero-order valence-corrected chi connectivity index (χ0v) is 10.7. The second-order valence-corrected chi connectivity index (χ2v) is 4.57. The summed E-state index contributed by atoms with van der Waals surface area (Å²) in [4.78, 5) is 12.1. The Balaban J connectivity index is 1.99. The predicted octanol–water partition coefficient (Wildman–Crippen LogP) is 0.876. The van der Waals surface area contributed by atoms with Crippen molar-refractivity contribution in [2.45, 2.75) is 19.5 Å². The van der Waals surface area contributed by atoms with E-state index in [0.29, 0.717) is 18.1 Å². The number of aryl methyl sites for hydroxylation is 1. The Kier molecular flexibility index (Phi) is 2.66. The van der Waals surface area contributed by atoms with E-state index in [4.69, 9.17) is 5.73 Å². The zero-order valence-electron chi connectivity index (χ0n) is 10.7. The average Bonchev–Trinajstić information content (AvgIpc) is 2.94. The van der Waals surface area contributed by atoms with Gasteiger partial charge in [-0.1, -0.05) is 0 Å². The van der Waals surface area contributed by atoms with Crippen LogP contribution in [0.25, 0.3) is 0 Å². The van der Waals surface area contributed by atoms with E-state index >= 15 is 0 Å². The SMILES string of the molecule is C[n+]1cccc(/N=N/c2c(N)n3n(c2=O)CCC3)c1. The van der Waals surface area contributed by atoms with E-state index in [1.165, 1.54) is 0 Å². The van der Waals surface area contributed by atoms with Crippen molar-refractivity contribution in [1.29, 1.82) is 0 Å². The van der Waals surface area contributed by atoms with Crippen molar-refractivity contribution in [2.75, 3.05) is 5.73 Å². The highest BCUT2D eigenvalue weighted by Crippen LogP contribution is 2.23. The molecule has 3 heterocycles. The van der Waals surface area contributed by atoms with Crippen LogP contribution in [0.5, 0.6) is 0 Å². The normalized spacial score (nSPS) is 14.2. The summed E-state index contributed by atoms with van der Waals surface area (Å²) in [5.41, 5.74) is 6.67. The maximum absolute atomic E-state index is 12.1. The van der Waals surface area contributed by atoms with Crippen LogP contribution in [0.3, 0.4) is 0 Å². The first-order valence-corrected chi connectivity index (χ1v) is 6.13. The van der Waals surface area contributed by atoms with Gasteiger partial charge in [0.2, 0.25) is 0 Å². The smallest absolute Gasteiger partial charge is 0.296 e. The molecule has 0 aliphatic carbocycles. The van der Waals surface area contributed by atoms with Gasteiger partial charge in [0.1, 0.15) is 12.7 Å². The maximum Gasteiger partial charge on any atom is 0.296 e. The summed E-state index contributed by atoms with van der Waals surface area (Å²) in [6.45, 7) is 1.45. The molecule has 0 unspecified atom stereocenters. The van der Waals surface area contributed by atoms with Crippen molar-refractivity contribution < 1.29 is 4.57 Å². The first-order valence-electron chi connectivity index (χ1n) is 6.13. The number of nitrogen functional groups attached to an aromatic ring is 1. The van der Waals surface area contributed by atoms with Crippen LogP contribution in [0.2, 0.25) is 0 Å². The minimum Gasteiger partial charge on any atom is -0.382 e. The number of azo groups is 1. The van der Waals surface area contributed by atoms with Crippen LogP contribution < -0.4 is 15.9 Å². The van der Waals surface area contributed by atoms with Crippen molar-refractivity contribution in [3.8, 4) is 0 Å². The van der Waals surface area contributed by atoms with Gasteiger partial charge in [-0.25, -0.2) is 9.25 Å². The molecule has 0 amide bonds. The minimum absolute atomic E-state index is 0.168. The van der Waals surface area contributed by atoms with Gasteiger partial charge in [0.05, 0.1) is 0 Å². The number of pyridine rings is 1. The third kappa shape index (κ3) is 1.92. The highest BCUT2D eigenvalue weighted by atomic mass is 16.1. The minimum atomic E-state index is -0.168. The van der Waals surface area contributed by atoms with Crippen LogP contribution in [-0.4, -0.2) is 9.36 Å². The molecular formula is C12H15N6O+. The van der Waals surface area contributed by atoms with E-state index < -0.39 is 0 Å². The predicted molar refractivity (Wildman–Crippen MR) is 69.5 cm³/mol. The maximum atomic E-state index is 12.1. The van der Waals surface area contributed by atoms with Gasteiger partial charge in [0.15, 0.2) is 23.9 Å². The third-order valence-corrected chi connectivity index (χ3v) is 3.18. The molecule has 7 heteroatoms. The van der Waals surface area contributed by atoms with E-state index in [1.54, 1.807) is 9.36 Å². The van der Waals surface area contributed by atoms with Crippen molar-refractivity contribution in [3.63, 3.8) is 0 Å². The van der Waals surface area contributed by atoms with Gasteiger partial charge >= 0.3 is 0 Å². The average molecular weight is 259 g/mol. The van der Waals surface area contributed by atoms with Gasteiger partial charge in [-0.15, -0.1) is 10.2 Å². The summed E-state index contributed by atoms with van der Waals surface area (Å²) in [5, 5.41) is 8.08. The quantitative estimate of drug-likeness (QED) is 0.641. The lowest BCUT2D eigenvalue weighted by Crippen LogP contribution is -2.25. The fourth-order valence-corrected chi connectivity index (χ4v) is 2.26. The lowest BCUT2D eigenvalue weighted by molar-refractivity contribution is -0.670. The Morgan fingerprint density at radius 1 is 1.32 bits per heavy atom. The number of aromatic nitrogens is 3. The van der Waals surface area contributed by atoms with Crippen molar-refractivity contribution >= 4 is 17.2 Å². The molecule has 7 nitrogen and oxygen atoms in total. The molecule has 1 aliphatic rings. The number of anilines is 1. The van der Waals surface area contributed by atoms with Crippen molar-refractivity contribution in [1.82, 2.24) is 9.36 Å². The van der Waals surface area contributed by atoms with Crippen LogP contribution >= 0.6 is 0 Å². The van der Waals surface area contributed by atoms with Crippen molar-refractivity contribution in [3.05, 3.63) is 34.9 Å². The number of nitrogens with zero attached hydrogens (tertiary/aromatic N) is 5. The van der Waals surface area contributed by atoms with E-state index in [0.717, 1.165) is 13.0 Å². The first-order chi connectivity index (χ1) is 9.16. The lowest BCUT2D eigenvalue weighted by atomic mass is 10.4. The van der Waals surface area contributed by atoms with Gasteiger partial charge in [0.25, 0.3) is 5.56 Å². The van der Waals surface area contributed by atoms with Gasteiger partial charge in [-0.3, -0.25) is 9.48 Å². The van der Waals surface area contributed by atoms with Crippen LogP contribution in [0.4, 0.5) is 17.2 Å². The molecule has 3 rings (SSSR count). The van der Waals surface area contributed by atoms with Gasteiger partial charge in [-0.2, -0.15) is 0 Å². The molecule has 0 radical (unpaired) electrons. The van der Waals surface area contributed by atoms with E-state index in [1.807, 2.05) is 36.1 Å². The van der Waals surface area contributed by atoms with Gasteiger partial charge in [-0.05, 0) is 12.5 Å². The zero-order chi connectivity index (χ0) is 13.4. The van der Waals surface area contributed by atoms with Gasteiger partial charge in [0, 0.05) is 19.2 Å². The number of rotatable bonds is 2. The fourth-order valence-electron chi connectivity index (χ4n) is 2.26. The van der Waals surface area contributed by atoms with Gasteiger partial charge < -0.3 is 5.73 Å². The summed E-state index contributed by atoms with van der Waals surface area (Å²) in [6.07, 6.45) is 4.65. The second-order valence-electron chi connectivity index (χ2n) is 4.57. The molecule has 0 saturated heterocycles. The molecule has 0 saturated carbocycles. The number of fused-ring (bicyclic) bond motifs is 1. The second kappa shape index (κ2) is 4.34. The summed E-state index contributed by atoms with van der Waals surface area (Å²) in [5.74, 6) is 0.395. The molecule has 2 N–H and O–H groups in total. The summed E-state index contributed by atoms with van der Waals surface area (Å²) < 4.78 is 5.25. The molecule has 2 aromatic heterocycles. The number of nitrogens with two attached hydrogens (primary N) is 1. The Hall–Kier alpha value is -2.44. The van der Waals surface area contributed by atoms with Crippen LogP contribution in [-0.2, 0) is 20.1 Å². The topological polar surface area (TPSA) is 81.5 Å². The molecule has 98 valence electrons. The molecule has 0 fully saturated rings. The number of hydrogen-bond acceptors (Lipinski definition) is 4. The van der Waals surface area contributed by atoms with Crippen molar-refractivity contribution in [2.24, 2.45) is 17.3 Å². The van der Waals surface area contributed by atoms with Crippen LogP contribution in [0, 0.1) is 0 Å². The molecule has 0 atom stereocenters. The van der Waals surface area contributed by atoms with Crippen LogP contribution in [0.15, 0.2) is 39.5 Å². The molecule has 0 aromatic carbocycles. The number of hydrogen-bond donors (Lipinski definition) is 1. The molecule has 1 aliphatic heterocycles. The molecule has 0 spiro atoms. The Morgan fingerprint density at radius 2 is 2.11 bits per heavy atom. The Labute approximate surface area is 109 Å². The monoisotopic (exact) mass is 259 g/mol. The Bertz CT molecular complexity index is 711. The summed E-state index contributed by atoms with van der Waals surface area (Å²) in [7, 11) is 1.90. The molecule has 19 heavy (non-hydrogen) atoms. The summed E-state index contributed by atoms with van der Waals surface area (Å²) in [6, 6.07) is 3.69. The standard InChI is InChI=1S/C12H14N6O/c1-16-5-2-4-9(8-16)14-15-10-11(13)17-6-3-7-18(17)12(10)19/h2,4-5,8H,3,6-7H2,1H3,(H-,13,14,19)/p+1. The summed E-state index contributed by atoms with van der Waals surface area (Å²) >= 11 is 0. The lowest BCUT2D eigenvalue weighted by Gasteiger charge is -1.98. The molecule has 0 bridgehead atoms. The highest BCUT2D eigenvalue weighted by molar-refractivity contribution is 5.57. The Morgan fingerprint density at radius 3 is 2.84 bits per heavy atom. The van der Waals surface area contributed by atoms with E-state index in [2.05, 4.69) is 10.2 Å². The molecular weight excluding hydrogens is 244 g/mol. The van der Waals surface area contributed by atoms with Crippen LogP contribution in [0.1, 0.15) is 6.42 Å². The van der Waals surface area contributed by atoms with E-state index in [9.17, 15) is 4.79 Å². The third-order valence-electron chi connectivity index (χ3n) is 3.18. The highest BCUT2D eigenvalue weighted by Gasteiger charge is 2.21.